The second kappa shape index (κ2) is 2.92. The minimum Gasteiger partial charge on any atom is -0.345 e. The molecule has 3 saturated heterocycles. The quantitative estimate of drug-likeness (QED) is 0.585. The fourth-order valence-corrected chi connectivity index (χ4v) is 2.39. The van der Waals surface area contributed by atoms with Gasteiger partial charge in [-0.2, -0.15) is 0 Å². The first-order valence-electron chi connectivity index (χ1n) is 5.32. The van der Waals surface area contributed by atoms with Crippen molar-refractivity contribution in [2.24, 2.45) is 0 Å². The van der Waals surface area contributed by atoms with Crippen LogP contribution in [0, 0.1) is 0 Å². The summed E-state index contributed by atoms with van der Waals surface area (Å²) in [5.74, 6) is -0.619. The Morgan fingerprint density at radius 2 is 1.86 bits per heavy atom. The molecular weight excluding hydrogens is 184 g/mol. The molecule has 80 valence electrons. The lowest BCUT2D eigenvalue weighted by Crippen LogP contribution is -2.48. The second-order valence-electron chi connectivity index (χ2n) is 4.42. The van der Waals surface area contributed by atoms with E-state index in [1.165, 1.54) is 0 Å². The zero-order valence-electron chi connectivity index (χ0n) is 8.56. The largest absolute Gasteiger partial charge is 0.345 e. The van der Waals surface area contributed by atoms with Gasteiger partial charge in [-0.1, -0.05) is 0 Å². The summed E-state index contributed by atoms with van der Waals surface area (Å²) in [7, 11) is 0. The van der Waals surface area contributed by atoms with Gasteiger partial charge in [-0.3, -0.25) is 0 Å². The van der Waals surface area contributed by atoms with E-state index < -0.39 is 5.79 Å². The third-order valence-electron chi connectivity index (χ3n) is 3.36. The standard InChI is InChI=1S/C10H16O4/c1-6-7(2)14-10(13-6)4-3-8-5-11-9(10)12-8/h6-9H,3-5H2,1-2H3/t6?,7?,8-,9+,10?/m0/s1. The Hall–Kier alpha value is -0.160. The Labute approximate surface area is 83.5 Å². The summed E-state index contributed by atoms with van der Waals surface area (Å²) in [4.78, 5) is 0. The van der Waals surface area contributed by atoms with Crippen LogP contribution in [0.5, 0.6) is 0 Å². The molecule has 2 unspecified atom stereocenters. The van der Waals surface area contributed by atoms with E-state index in [-0.39, 0.29) is 24.6 Å². The lowest BCUT2D eigenvalue weighted by atomic mass is 10.1. The highest BCUT2D eigenvalue weighted by Crippen LogP contribution is 2.43. The molecule has 0 aliphatic carbocycles. The van der Waals surface area contributed by atoms with Gasteiger partial charge in [-0.05, 0) is 20.3 Å². The van der Waals surface area contributed by atoms with E-state index in [2.05, 4.69) is 0 Å². The summed E-state index contributed by atoms with van der Waals surface area (Å²) >= 11 is 0. The second-order valence-corrected chi connectivity index (χ2v) is 4.42. The van der Waals surface area contributed by atoms with Gasteiger partial charge < -0.3 is 18.9 Å². The number of ether oxygens (including phenoxy) is 4. The van der Waals surface area contributed by atoms with Crippen LogP contribution in [0.15, 0.2) is 0 Å². The van der Waals surface area contributed by atoms with Crippen molar-refractivity contribution in [3.63, 3.8) is 0 Å². The summed E-state index contributed by atoms with van der Waals surface area (Å²) in [5, 5.41) is 0. The summed E-state index contributed by atoms with van der Waals surface area (Å²) in [5.41, 5.74) is 0. The zero-order chi connectivity index (χ0) is 9.76. The number of rotatable bonds is 0. The van der Waals surface area contributed by atoms with Crippen LogP contribution in [0.3, 0.4) is 0 Å². The van der Waals surface area contributed by atoms with Crippen LogP contribution in [0.25, 0.3) is 0 Å². The molecule has 3 fully saturated rings. The molecule has 0 aromatic carbocycles. The van der Waals surface area contributed by atoms with Gasteiger partial charge in [-0.15, -0.1) is 0 Å². The van der Waals surface area contributed by atoms with E-state index in [4.69, 9.17) is 18.9 Å². The third-order valence-corrected chi connectivity index (χ3v) is 3.36. The van der Waals surface area contributed by atoms with Crippen LogP contribution in [0.2, 0.25) is 0 Å². The first kappa shape index (κ1) is 9.09. The van der Waals surface area contributed by atoms with Gasteiger partial charge in [0.05, 0.1) is 24.9 Å². The number of hydrogen-bond acceptors (Lipinski definition) is 4. The molecule has 3 aliphatic heterocycles. The Kier molecular flexibility index (Phi) is 1.89. The summed E-state index contributed by atoms with van der Waals surface area (Å²) in [6.45, 7) is 4.74. The topological polar surface area (TPSA) is 36.9 Å². The van der Waals surface area contributed by atoms with Crippen molar-refractivity contribution in [3.05, 3.63) is 0 Å². The zero-order valence-corrected chi connectivity index (χ0v) is 8.56. The molecule has 2 bridgehead atoms. The van der Waals surface area contributed by atoms with Gasteiger partial charge in [0.15, 0.2) is 0 Å². The maximum absolute atomic E-state index is 5.86. The molecule has 3 aliphatic rings. The van der Waals surface area contributed by atoms with Gasteiger partial charge >= 0.3 is 0 Å². The first-order chi connectivity index (χ1) is 6.70. The number of fused-ring (bicyclic) bond motifs is 3. The van der Waals surface area contributed by atoms with E-state index in [9.17, 15) is 0 Å². The van der Waals surface area contributed by atoms with Crippen LogP contribution in [0.1, 0.15) is 26.7 Å². The third kappa shape index (κ3) is 1.15. The molecule has 0 saturated carbocycles. The molecule has 0 aromatic heterocycles. The van der Waals surface area contributed by atoms with Crippen molar-refractivity contribution in [1.82, 2.24) is 0 Å². The van der Waals surface area contributed by atoms with Crippen LogP contribution in [0.4, 0.5) is 0 Å². The molecule has 0 N–H and O–H groups in total. The maximum Gasteiger partial charge on any atom is 0.221 e. The van der Waals surface area contributed by atoms with E-state index in [0.29, 0.717) is 6.61 Å². The van der Waals surface area contributed by atoms with Crippen molar-refractivity contribution in [3.8, 4) is 0 Å². The van der Waals surface area contributed by atoms with Crippen molar-refractivity contribution in [2.45, 2.75) is 57.1 Å². The highest BCUT2D eigenvalue weighted by Gasteiger charge is 2.57. The monoisotopic (exact) mass is 200 g/mol. The van der Waals surface area contributed by atoms with Gasteiger partial charge in [-0.25, -0.2) is 0 Å². The van der Waals surface area contributed by atoms with Crippen molar-refractivity contribution >= 4 is 0 Å². The minimum atomic E-state index is -0.619. The fraction of sp³-hybridized carbons (Fsp3) is 1.00. The molecule has 4 nitrogen and oxygen atoms in total. The Morgan fingerprint density at radius 1 is 1.14 bits per heavy atom. The predicted octanol–water partition coefficient (Wildman–Crippen LogP) is 1.04. The van der Waals surface area contributed by atoms with Crippen LogP contribution in [-0.2, 0) is 18.9 Å². The lowest BCUT2D eigenvalue weighted by molar-refractivity contribution is -0.311. The van der Waals surface area contributed by atoms with E-state index >= 15 is 0 Å². The molecule has 4 atom stereocenters. The average molecular weight is 200 g/mol. The Balaban J connectivity index is 1.83. The molecular formula is C10H16O4. The van der Waals surface area contributed by atoms with Gasteiger partial charge in [0.25, 0.3) is 0 Å². The fourth-order valence-electron chi connectivity index (χ4n) is 2.39. The Bertz CT molecular complexity index is 232. The summed E-state index contributed by atoms with van der Waals surface area (Å²) < 4.78 is 22.9. The summed E-state index contributed by atoms with van der Waals surface area (Å²) in [6.07, 6.45) is 2.05. The van der Waals surface area contributed by atoms with Gasteiger partial charge in [0.1, 0.15) is 0 Å². The molecule has 4 heteroatoms. The molecule has 3 rings (SSSR count). The van der Waals surface area contributed by atoms with Gasteiger partial charge in [0, 0.05) is 6.42 Å². The van der Waals surface area contributed by atoms with Gasteiger partial charge in [0.2, 0.25) is 12.1 Å². The lowest BCUT2D eigenvalue weighted by Gasteiger charge is -2.35. The van der Waals surface area contributed by atoms with Crippen molar-refractivity contribution < 1.29 is 18.9 Å². The van der Waals surface area contributed by atoms with Crippen molar-refractivity contribution in [1.29, 1.82) is 0 Å². The van der Waals surface area contributed by atoms with Crippen LogP contribution in [-0.4, -0.2) is 37.0 Å². The Morgan fingerprint density at radius 3 is 2.57 bits per heavy atom. The molecule has 0 amide bonds. The maximum atomic E-state index is 5.86. The molecule has 14 heavy (non-hydrogen) atoms. The van der Waals surface area contributed by atoms with Crippen molar-refractivity contribution in [2.75, 3.05) is 6.61 Å². The summed E-state index contributed by atoms with van der Waals surface area (Å²) in [6, 6.07) is 0. The predicted molar refractivity (Wildman–Crippen MR) is 47.7 cm³/mol. The molecule has 0 radical (unpaired) electrons. The van der Waals surface area contributed by atoms with E-state index in [0.717, 1.165) is 12.8 Å². The highest BCUT2D eigenvalue weighted by molar-refractivity contribution is 4.92. The number of hydrogen-bond donors (Lipinski definition) is 0. The molecule has 1 spiro atoms. The highest BCUT2D eigenvalue weighted by atomic mass is 16.8. The van der Waals surface area contributed by atoms with Crippen LogP contribution >= 0.6 is 0 Å². The van der Waals surface area contributed by atoms with Crippen LogP contribution < -0.4 is 0 Å². The molecule has 3 heterocycles. The molecule has 0 aromatic rings. The minimum absolute atomic E-state index is 0.124. The smallest absolute Gasteiger partial charge is 0.221 e. The van der Waals surface area contributed by atoms with E-state index in [1.807, 2.05) is 13.8 Å². The first-order valence-corrected chi connectivity index (χ1v) is 5.32. The van der Waals surface area contributed by atoms with E-state index in [1.54, 1.807) is 0 Å². The normalized spacial score (nSPS) is 57.0. The average Bonchev–Trinajstić information content (AvgIpc) is 2.67. The SMILES string of the molecule is CC1OC2(CC[C@H]3CO[C@@H]2O3)OC1C.